The van der Waals surface area contributed by atoms with Crippen molar-refractivity contribution in [3.8, 4) is 50.8 Å². The summed E-state index contributed by atoms with van der Waals surface area (Å²) in [5.41, 5.74) is 15.4. The number of para-hydroxylation sites is 1. The number of benzene rings is 7. The first-order valence-electron chi connectivity index (χ1n) is 22.2. The van der Waals surface area contributed by atoms with Crippen LogP contribution in [0.2, 0.25) is 0 Å². The smallest absolute Gasteiger partial charge is 0.422 e. The zero-order chi connectivity index (χ0) is 43.6. The van der Waals surface area contributed by atoms with Gasteiger partial charge in [0.1, 0.15) is 11.6 Å². The molecule has 5 heterocycles. The largest absolute Gasteiger partial charge is 0.507 e. The molecule has 3 aromatic heterocycles. The van der Waals surface area contributed by atoms with E-state index in [1.54, 1.807) is 6.07 Å². The molecule has 7 aromatic carbocycles. The van der Waals surface area contributed by atoms with E-state index in [4.69, 9.17) is 9.97 Å². The Morgan fingerprint density at radius 3 is 1.80 bits per heavy atom. The summed E-state index contributed by atoms with van der Waals surface area (Å²) in [4.78, 5) is 11.8. The van der Waals surface area contributed by atoms with Crippen molar-refractivity contribution in [2.45, 2.75) is 39.5 Å². The minimum Gasteiger partial charge on any atom is -0.507 e. The number of phenolic OH excluding ortho intramolecular Hbond substituents is 1. The molecule has 2 aliphatic heterocycles. The van der Waals surface area contributed by atoms with Crippen molar-refractivity contribution < 1.29 is 25.2 Å². The second kappa shape index (κ2) is 16.9. The van der Waals surface area contributed by atoms with Crippen molar-refractivity contribution in [1.29, 1.82) is 0 Å². The molecule has 0 unspecified atom stereocenters. The molecule has 12 rings (SSSR count). The van der Waals surface area contributed by atoms with Gasteiger partial charge in [0, 0.05) is 67.0 Å². The van der Waals surface area contributed by atoms with Gasteiger partial charge in [-0.2, -0.15) is 0 Å². The fourth-order valence-electron chi connectivity index (χ4n) is 10.4. The van der Waals surface area contributed by atoms with Gasteiger partial charge in [-0.15, -0.1) is 24.3 Å². The molecule has 2 aliphatic rings. The van der Waals surface area contributed by atoms with Gasteiger partial charge in [-0.25, -0.2) is 4.98 Å². The van der Waals surface area contributed by atoms with E-state index < -0.39 is 0 Å². The summed E-state index contributed by atoms with van der Waals surface area (Å²) in [6.07, 6.45) is 7.87. The first-order valence-corrected chi connectivity index (χ1v) is 22.2. The molecule has 65 heavy (non-hydrogen) atoms. The number of rotatable bonds is 6. The number of phenols is 1. The SMILES string of the molecule is CC(C)c1cccc(C(C)C)c1B1n2ccnc2-c2c(O)ccc3c4ccccc4n1c23.CN1B(c2c(-c3ccccc3)cccc2-c2ccccc2)n2ccnc2-c2[c-]cccc21.[Ir]. The minimum absolute atomic E-state index is 0. The van der Waals surface area contributed by atoms with E-state index in [1.807, 2.05) is 30.6 Å². The Morgan fingerprint density at radius 1 is 0.569 bits per heavy atom. The monoisotopic (exact) mass is 1020 g/mol. The molecule has 0 saturated carbocycles. The van der Waals surface area contributed by atoms with E-state index in [-0.39, 0.29) is 39.8 Å². The van der Waals surface area contributed by atoms with Gasteiger partial charge in [0.2, 0.25) is 0 Å². The number of fused-ring (bicyclic) bond motifs is 8. The van der Waals surface area contributed by atoms with Crippen molar-refractivity contribution in [1.82, 2.24) is 23.4 Å². The first-order chi connectivity index (χ1) is 31.3. The second-order valence-corrected chi connectivity index (χ2v) is 17.5. The van der Waals surface area contributed by atoms with Crippen LogP contribution in [0.4, 0.5) is 5.69 Å². The van der Waals surface area contributed by atoms with E-state index in [9.17, 15) is 5.11 Å². The molecule has 10 aromatic rings. The number of aromatic nitrogens is 5. The number of aromatic hydroxyl groups is 1. The van der Waals surface area contributed by atoms with Gasteiger partial charge < -0.3 is 23.4 Å². The quantitative estimate of drug-likeness (QED) is 0.133. The third-order valence-electron chi connectivity index (χ3n) is 13.2. The predicted molar refractivity (Wildman–Crippen MR) is 266 cm³/mol. The zero-order valence-electron chi connectivity index (χ0n) is 37.0. The van der Waals surface area contributed by atoms with Gasteiger partial charge in [0.25, 0.3) is 0 Å². The van der Waals surface area contributed by atoms with Crippen LogP contribution in [0.25, 0.3) is 66.8 Å². The van der Waals surface area contributed by atoms with Gasteiger partial charge in [0.05, 0.1) is 11.1 Å². The van der Waals surface area contributed by atoms with E-state index in [2.05, 4.69) is 199 Å². The Morgan fingerprint density at radius 2 is 1.15 bits per heavy atom. The summed E-state index contributed by atoms with van der Waals surface area (Å²) in [5.74, 6) is 2.82. The Kier molecular flexibility index (Phi) is 11.0. The third kappa shape index (κ3) is 6.77. The maximum atomic E-state index is 10.9. The van der Waals surface area contributed by atoms with Gasteiger partial charge in [0.15, 0.2) is 0 Å². The summed E-state index contributed by atoms with van der Waals surface area (Å²) >= 11 is 0. The van der Waals surface area contributed by atoms with Crippen molar-refractivity contribution in [3.05, 3.63) is 194 Å². The minimum atomic E-state index is -0.0693. The Bertz CT molecular complexity index is 3270. The molecule has 10 heteroatoms. The molecule has 319 valence electrons. The average molecular weight is 1020 g/mol. The predicted octanol–water partition coefficient (Wildman–Crippen LogP) is 11.1. The van der Waals surface area contributed by atoms with E-state index in [1.165, 1.54) is 55.2 Å². The van der Waals surface area contributed by atoms with Gasteiger partial charge >= 0.3 is 14.0 Å². The average Bonchev–Trinajstić information content (AvgIpc) is 4.10. The molecular weight excluding hydrogens is 974 g/mol. The summed E-state index contributed by atoms with van der Waals surface area (Å²) in [6.45, 7) is 8.96. The number of hydrogen-bond donors (Lipinski definition) is 1. The molecule has 0 atom stereocenters. The molecule has 0 amide bonds. The molecule has 0 aliphatic carbocycles. The Balaban J connectivity index is 0.000000151. The van der Waals surface area contributed by atoms with Crippen LogP contribution in [-0.4, -0.2) is 49.5 Å². The zero-order valence-corrected chi connectivity index (χ0v) is 39.4. The molecule has 0 bridgehead atoms. The van der Waals surface area contributed by atoms with Crippen molar-refractivity contribution in [3.63, 3.8) is 0 Å². The topological polar surface area (TPSA) is 64.0 Å². The van der Waals surface area contributed by atoms with Crippen LogP contribution in [-0.2, 0) is 20.1 Å². The van der Waals surface area contributed by atoms with Crippen LogP contribution in [0.3, 0.4) is 0 Å². The fourth-order valence-corrected chi connectivity index (χ4v) is 10.4. The van der Waals surface area contributed by atoms with E-state index >= 15 is 0 Å². The standard InChI is InChI=1S/C28H21BN3.C27H26BN3O.Ir/c1-31-26-18-9-8-15-25(26)28-30-19-20-32(28)29(31)27-23(21-11-4-2-5-12-21)16-10-17-24(27)22-13-6-3-7-14-22;1-16(2)18-9-7-10-19(17(3)4)25(18)28-30-15-14-29-27(30)24-23(32)13-12-21-20-8-5-6-11-22(20)31(28)26(21)24;/h2-14,16-20H,1H3;5-17,32H,1-4H3;/q-1;;. The fraction of sp³-hybridized carbons (Fsp3) is 0.127. The molecule has 1 N–H and O–H groups in total. The van der Waals surface area contributed by atoms with Crippen molar-refractivity contribution in [2.24, 2.45) is 0 Å². The second-order valence-electron chi connectivity index (χ2n) is 17.5. The molecule has 0 spiro atoms. The molecular formula is C55H47B2IrN6O-. The Labute approximate surface area is 394 Å². The number of nitrogens with zero attached hydrogens (tertiary/aromatic N) is 6. The van der Waals surface area contributed by atoms with Crippen LogP contribution < -0.4 is 15.7 Å². The summed E-state index contributed by atoms with van der Waals surface area (Å²) in [6, 6.07) is 56.6. The number of imidazole rings is 2. The molecule has 1 radical (unpaired) electrons. The van der Waals surface area contributed by atoms with Gasteiger partial charge in [-0.1, -0.05) is 154 Å². The van der Waals surface area contributed by atoms with Crippen LogP contribution in [0.15, 0.2) is 176 Å². The molecule has 0 saturated heterocycles. The molecule has 0 fully saturated rings. The van der Waals surface area contributed by atoms with Crippen molar-refractivity contribution in [2.75, 3.05) is 11.9 Å². The maximum absolute atomic E-state index is 10.9. The van der Waals surface area contributed by atoms with Crippen LogP contribution in [0, 0.1) is 6.07 Å². The van der Waals surface area contributed by atoms with Crippen LogP contribution in [0.1, 0.15) is 50.7 Å². The normalized spacial score (nSPS) is 12.5. The van der Waals surface area contributed by atoms with Crippen LogP contribution in [0.5, 0.6) is 5.75 Å². The van der Waals surface area contributed by atoms with E-state index in [0.717, 1.165) is 39.4 Å². The summed E-state index contributed by atoms with van der Waals surface area (Å²) in [7, 11) is 2.16. The number of hydrogen-bond acceptors (Lipinski definition) is 4. The third-order valence-corrected chi connectivity index (χ3v) is 13.2. The summed E-state index contributed by atoms with van der Waals surface area (Å²) < 4.78 is 6.93. The maximum Gasteiger partial charge on any atom is 0.422 e. The number of anilines is 1. The molecule has 7 nitrogen and oxygen atoms in total. The van der Waals surface area contributed by atoms with Gasteiger partial charge in [-0.05, 0) is 81.4 Å². The Hall–Kier alpha value is -6.86. The van der Waals surface area contributed by atoms with Crippen LogP contribution >= 0.6 is 0 Å². The first kappa shape index (κ1) is 42.1. The van der Waals surface area contributed by atoms with Crippen molar-refractivity contribution >= 4 is 52.4 Å². The van der Waals surface area contributed by atoms with E-state index in [0.29, 0.717) is 11.8 Å². The summed E-state index contributed by atoms with van der Waals surface area (Å²) in [5, 5.41) is 13.3. The van der Waals surface area contributed by atoms with Gasteiger partial charge in [-0.3, -0.25) is 4.98 Å².